The van der Waals surface area contributed by atoms with Crippen LogP contribution in [0.15, 0.2) is 0 Å². The van der Waals surface area contributed by atoms with Gasteiger partial charge in [0.15, 0.2) is 26.2 Å². The third-order valence-electron chi connectivity index (χ3n) is 5.36. The Bertz CT molecular complexity index is 391. The molecule has 6 nitrogen and oxygen atoms in total. The largest absolute Gasteiger partial charge is 0.366 e. The zero-order chi connectivity index (χ0) is 17.5. The van der Waals surface area contributed by atoms with E-state index < -0.39 is 0 Å². The van der Waals surface area contributed by atoms with E-state index in [4.69, 9.17) is 4.84 Å². The fourth-order valence-electron chi connectivity index (χ4n) is 3.06. The predicted octanol–water partition coefficient (Wildman–Crippen LogP) is 2.30. The van der Waals surface area contributed by atoms with Gasteiger partial charge in [-0.1, -0.05) is 25.7 Å². The van der Waals surface area contributed by atoms with Crippen molar-refractivity contribution in [3.8, 4) is 0 Å². The molecule has 0 unspecified atom stereocenters. The van der Waals surface area contributed by atoms with Crippen LogP contribution in [0.2, 0.25) is 0 Å². The van der Waals surface area contributed by atoms with Crippen molar-refractivity contribution in [2.24, 2.45) is 0 Å². The molecule has 2 fully saturated rings. The van der Waals surface area contributed by atoms with Crippen LogP contribution >= 0.6 is 0 Å². The second-order valence-corrected chi connectivity index (χ2v) is 7.35. The molecule has 0 aromatic carbocycles. The molecule has 0 aliphatic carbocycles. The van der Waals surface area contributed by atoms with Gasteiger partial charge in [-0.05, 0) is 26.7 Å². The van der Waals surface area contributed by atoms with E-state index in [1.165, 1.54) is 0 Å². The molecule has 0 saturated carbocycles. The van der Waals surface area contributed by atoms with Crippen molar-refractivity contribution >= 4 is 11.9 Å². The van der Waals surface area contributed by atoms with E-state index in [1.54, 1.807) is 0 Å². The molecule has 138 valence electrons. The lowest BCUT2D eigenvalue weighted by atomic mass is 10.1. The average Bonchev–Trinajstić information content (AvgIpc) is 3.48. The normalized spacial score (nSPS) is 19.6. The summed E-state index contributed by atoms with van der Waals surface area (Å²) < 4.78 is 1.33. The fourth-order valence-corrected chi connectivity index (χ4v) is 3.06. The summed E-state index contributed by atoms with van der Waals surface area (Å²) in [5.41, 5.74) is 3.11. The van der Waals surface area contributed by atoms with E-state index >= 15 is 0 Å². The maximum Gasteiger partial charge on any atom is 0.366 e. The van der Waals surface area contributed by atoms with E-state index in [0.717, 1.165) is 82.4 Å². The summed E-state index contributed by atoms with van der Waals surface area (Å²) >= 11 is 0. The van der Waals surface area contributed by atoms with Gasteiger partial charge < -0.3 is 0 Å². The van der Waals surface area contributed by atoms with Crippen LogP contribution in [0.4, 0.5) is 0 Å². The summed E-state index contributed by atoms with van der Waals surface area (Å²) in [5, 5.41) is 0. The summed E-state index contributed by atoms with van der Waals surface area (Å²) in [4.78, 5) is 29.0. The number of nitrogens with zero attached hydrogens (tertiary/aromatic N) is 2. The first-order valence-corrected chi connectivity index (χ1v) is 9.79. The van der Waals surface area contributed by atoms with Crippen molar-refractivity contribution in [3.05, 3.63) is 0 Å². The molecule has 2 heterocycles. The minimum atomic E-state index is -0.0472. The number of carbonyl (C=O) groups excluding carboxylic acids is 2. The molecule has 6 heteroatoms. The van der Waals surface area contributed by atoms with Crippen molar-refractivity contribution in [1.82, 2.24) is 5.43 Å². The maximum absolute atomic E-state index is 11.8. The number of quaternary nitrogens is 2. The van der Waals surface area contributed by atoms with Crippen LogP contribution in [0.5, 0.6) is 0 Å². The number of likely N-dealkylation sites (N-methyl/N-ethyl adjacent to an activating group) is 2. The van der Waals surface area contributed by atoms with Gasteiger partial charge in [0.2, 0.25) is 0 Å². The van der Waals surface area contributed by atoms with E-state index in [0.29, 0.717) is 17.5 Å². The third kappa shape index (κ3) is 6.40. The summed E-state index contributed by atoms with van der Waals surface area (Å²) in [6.45, 7) is 10.2. The minimum absolute atomic E-state index is 0.0472. The smallest absolute Gasteiger partial charge is 0.276 e. The maximum atomic E-state index is 11.8. The van der Waals surface area contributed by atoms with Crippen LogP contribution in [0.1, 0.15) is 65.2 Å². The number of amides is 1. The number of unbranched alkanes of at least 4 members (excludes halogenated alkanes) is 5. The molecule has 0 aromatic rings. The Morgan fingerprint density at radius 3 is 1.92 bits per heavy atom. The molecule has 0 atom stereocenters. The Kier molecular flexibility index (Phi) is 7.04. The molecular formula is C18H35N3O3+2. The number of rotatable bonds is 13. The molecule has 2 aliphatic rings. The molecule has 1 amide bonds. The van der Waals surface area contributed by atoms with Gasteiger partial charge in [-0.3, -0.25) is 9.63 Å². The number of carbonyl (C=O) groups is 2. The standard InChI is InChI=1S/C18H34N3O3/c1-3-20(13-14-20)19-17(22)11-9-7-5-6-8-10-12-18(23)24-21(4-2)15-16-21/h3-16H2,1-2H3/q+1/p+1. The van der Waals surface area contributed by atoms with Crippen LogP contribution in [-0.4, -0.2) is 60.4 Å². The van der Waals surface area contributed by atoms with E-state index in [1.807, 2.05) is 0 Å². The highest BCUT2D eigenvalue weighted by Gasteiger charge is 2.46. The molecule has 2 saturated heterocycles. The summed E-state index contributed by atoms with van der Waals surface area (Å²) in [7, 11) is 0. The lowest BCUT2D eigenvalue weighted by molar-refractivity contribution is -0.984. The number of hydrogen-bond acceptors (Lipinski definition) is 3. The molecule has 24 heavy (non-hydrogen) atoms. The number of hydrogen-bond donors (Lipinski definition) is 1. The zero-order valence-corrected chi connectivity index (χ0v) is 15.5. The van der Waals surface area contributed by atoms with Gasteiger partial charge >= 0.3 is 5.97 Å². The quantitative estimate of drug-likeness (QED) is 0.318. The van der Waals surface area contributed by atoms with Gasteiger partial charge in [-0.15, -0.1) is 4.65 Å². The van der Waals surface area contributed by atoms with Crippen molar-refractivity contribution in [1.29, 1.82) is 0 Å². The highest BCUT2D eigenvalue weighted by Crippen LogP contribution is 2.22. The Hall–Kier alpha value is -1.14. The highest BCUT2D eigenvalue weighted by atomic mass is 16.8. The van der Waals surface area contributed by atoms with Gasteiger partial charge in [0.05, 0.1) is 13.0 Å². The molecule has 0 spiro atoms. The topological polar surface area (TPSA) is 55.4 Å². The van der Waals surface area contributed by atoms with E-state index in [9.17, 15) is 9.59 Å². The highest BCUT2D eigenvalue weighted by molar-refractivity contribution is 5.74. The van der Waals surface area contributed by atoms with Gasteiger partial charge in [-0.25, -0.2) is 14.8 Å². The SMILES string of the molecule is CC[N+]1(NC(=O)CCCCCCCCC(=O)O[N+]2(CC)CC2)CC1. The average molecular weight is 341 g/mol. The lowest BCUT2D eigenvalue weighted by Crippen LogP contribution is -2.44. The Labute approximate surface area is 146 Å². The molecule has 2 rings (SSSR count). The Morgan fingerprint density at radius 1 is 0.833 bits per heavy atom. The minimum Gasteiger partial charge on any atom is -0.276 e. The molecular weight excluding hydrogens is 306 g/mol. The summed E-state index contributed by atoms with van der Waals surface area (Å²) in [6, 6.07) is 0. The first-order chi connectivity index (χ1) is 11.5. The van der Waals surface area contributed by atoms with Gasteiger partial charge in [0.25, 0.3) is 5.91 Å². The van der Waals surface area contributed by atoms with Crippen LogP contribution in [0.25, 0.3) is 0 Å². The predicted molar refractivity (Wildman–Crippen MR) is 92.2 cm³/mol. The van der Waals surface area contributed by atoms with Crippen molar-refractivity contribution in [3.63, 3.8) is 0 Å². The zero-order valence-electron chi connectivity index (χ0n) is 15.5. The number of hydroxylamine groups is 3. The van der Waals surface area contributed by atoms with Crippen molar-refractivity contribution < 1.29 is 23.7 Å². The second kappa shape index (κ2) is 8.81. The fraction of sp³-hybridized carbons (Fsp3) is 0.889. The van der Waals surface area contributed by atoms with Crippen molar-refractivity contribution in [2.45, 2.75) is 65.2 Å². The molecule has 2 aliphatic heterocycles. The van der Waals surface area contributed by atoms with Crippen LogP contribution in [0.3, 0.4) is 0 Å². The van der Waals surface area contributed by atoms with Gasteiger partial charge in [0.1, 0.15) is 6.54 Å². The molecule has 0 aromatic heterocycles. The number of nitrogens with one attached hydrogen (secondary N) is 1. The Balaban J connectivity index is 1.38. The lowest BCUT2D eigenvalue weighted by Gasteiger charge is -2.16. The molecule has 0 radical (unpaired) electrons. The van der Waals surface area contributed by atoms with Crippen LogP contribution < -0.4 is 5.43 Å². The van der Waals surface area contributed by atoms with Crippen LogP contribution in [0, 0.1) is 0 Å². The van der Waals surface area contributed by atoms with E-state index in [2.05, 4.69) is 19.3 Å². The monoisotopic (exact) mass is 341 g/mol. The molecule has 1 N–H and O–H groups in total. The summed E-state index contributed by atoms with van der Waals surface area (Å²) in [6.07, 6.45) is 7.52. The first-order valence-electron chi connectivity index (χ1n) is 9.79. The van der Waals surface area contributed by atoms with Gasteiger partial charge in [-0.2, -0.15) is 0 Å². The van der Waals surface area contributed by atoms with Crippen molar-refractivity contribution in [2.75, 3.05) is 39.3 Å². The first kappa shape index (κ1) is 19.2. The van der Waals surface area contributed by atoms with Gasteiger partial charge in [0, 0.05) is 6.42 Å². The van der Waals surface area contributed by atoms with E-state index in [-0.39, 0.29) is 11.9 Å². The summed E-state index contributed by atoms with van der Waals surface area (Å²) in [5.74, 6) is 0.147. The second-order valence-electron chi connectivity index (χ2n) is 7.35. The molecule has 0 bridgehead atoms. The van der Waals surface area contributed by atoms with Crippen LogP contribution in [-0.2, 0) is 14.4 Å². The Morgan fingerprint density at radius 2 is 1.42 bits per heavy atom. The third-order valence-corrected chi connectivity index (χ3v) is 5.36.